The molecular weight excluding hydrogens is 314 g/mol. The minimum absolute atomic E-state index is 0.0229. The van der Waals surface area contributed by atoms with Crippen LogP contribution in [0.3, 0.4) is 0 Å². The van der Waals surface area contributed by atoms with Gasteiger partial charge in [0, 0.05) is 12.4 Å². The van der Waals surface area contributed by atoms with E-state index in [2.05, 4.69) is 4.98 Å². The molecule has 110 valence electrons. The Kier molecular flexibility index (Phi) is 4.59. The van der Waals surface area contributed by atoms with Crippen LogP contribution < -0.4 is 0 Å². The Bertz CT molecular complexity index is 760. The van der Waals surface area contributed by atoms with E-state index in [1.807, 2.05) is 0 Å². The van der Waals surface area contributed by atoms with E-state index in [9.17, 15) is 13.2 Å². The molecule has 1 aromatic heterocycles. The number of carboxylic acids is 1. The number of hydrogen-bond acceptors (Lipinski definition) is 4. The molecule has 2 rings (SSSR count). The fourth-order valence-corrected chi connectivity index (χ4v) is 3.65. The van der Waals surface area contributed by atoms with E-state index < -0.39 is 15.8 Å². The Morgan fingerprint density at radius 2 is 1.86 bits per heavy atom. The van der Waals surface area contributed by atoms with Crippen molar-refractivity contribution in [3.05, 3.63) is 58.9 Å². The molecule has 0 saturated carbocycles. The van der Waals surface area contributed by atoms with Crippen molar-refractivity contribution < 1.29 is 18.3 Å². The van der Waals surface area contributed by atoms with Crippen LogP contribution in [-0.2, 0) is 16.3 Å². The van der Waals surface area contributed by atoms with Crippen molar-refractivity contribution in [1.29, 1.82) is 0 Å². The fraction of sp³-hybridized carbons (Fsp3) is 0.143. The Labute approximate surface area is 127 Å². The highest BCUT2D eigenvalue weighted by Gasteiger charge is 2.20. The molecule has 2 aromatic rings. The SMILES string of the molecule is O=C(O)c1ccc(Cl)c(S(=O)(=O)CCc2ccncc2)c1. The molecule has 0 unspecified atom stereocenters. The Morgan fingerprint density at radius 3 is 2.48 bits per heavy atom. The third kappa shape index (κ3) is 3.80. The summed E-state index contributed by atoms with van der Waals surface area (Å²) in [7, 11) is -3.66. The highest BCUT2D eigenvalue weighted by atomic mass is 35.5. The maximum atomic E-state index is 12.3. The van der Waals surface area contributed by atoms with Gasteiger partial charge in [-0.05, 0) is 42.3 Å². The van der Waals surface area contributed by atoms with Gasteiger partial charge in [-0.25, -0.2) is 13.2 Å². The van der Waals surface area contributed by atoms with Gasteiger partial charge in [-0.1, -0.05) is 11.6 Å². The van der Waals surface area contributed by atoms with E-state index in [1.54, 1.807) is 24.5 Å². The van der Waals surface area contributed by atoms with E-state index in [0.717, 1.165) is 11.6 Å². The number of rotatable bonds is 5. The Morgan fingerprint density at radius 1 is 1.19 bits per heavy atom. The number of halogens is 1. The molecule has 0 fully saturated rings. The molecule has 0 bridgehead atoms. The lowest BCUT2D eigenvalue weighted by molar-refractivity contribution is 0.0696. The van der Waals surface area contributed by atoms with Crippen LogP contribution in [0.1, 0.15) is 15.9 Å². The van der Waals surface area contributed by atoms with Crippen molar-refractivity contribution in [3.63, 3.8) is 0 Å². The van der Waals surface area contributed by atoms with Crippen molar-refractivity contribution in [2.45, 2.75) is 11.3 Å². The van der Waals surface area contributed by atoms with E-state index in [0.29, 0.717) is 6.42 Å². The van der Waals surface area contributed by atoms with Gasteiger partial charge in [0.1, 0.15) is 0 Å². The highest BCUT2D eigenvalue weighted by molar-refractivity contribution is 7.91. The molecule has 1 N–H and O–H groups in total. The van der Waals surface area contributed by atoms with Gasteiger partial charge in [0.05, 0.1) is 21.2 Å². The molecule has 0 atom stereocenters. The number of hydrogen-bond donors (Lipinski definition) is 1. The van der Waals surface area contributed by atoms with Crippen molar-refractivity contribution in [2.24, 2.45) is 0 Å². The Hall–Kier alpha value is -1.92. The van der Waals surface area contributed by atoms with Gasteiger partial charge >= 0.3 is 5.97 Å². The maximum Gasteiger partial charge on any atom is 0.335 e. The molecule has 1 aromatic carbocycles. The second-order valence-corrected chi connectivity index (χ2v) is 6.86. The number of pyridine rings is 1. The highest BCUT2D eigenvalue weighted by Crippen LogP contribution is 2.24. The van der Waals surface area contributed by atoms with Gasteiger partial charge in [0.15, 0.2) is 9.84 Å². The summed E-state index contributed by atoms with van der Waals surface area (Å²) in [5, 5.41) is 8.95. The van der Waals surface area contributed by atoms with Gasteiger partial charge in [0.2, 0.25) is 0 Å². The first kappa shape index (κ1) is 15.5. The van der Waals surface area contributed by atoms with Crippen molar-refractivity contribution >= 4 is 27.4 Å². The zero-order valence-electron chi connectivity index (χ0n) is 10.9. The molecule has 0 radical (unpaired) electrons. The first-order chi connectivity index (χ1) is 9.90. The van der Waals surface area contributed by atoms with Crippen LogP contribution >= 0.6 is 11.6 Å². The largest absolute Gasteiger partial charge is 0.478 e. The smallest absolute Gasteiger partial charge is 0.335 e. The predicted molar refractivity (Wildman–Crippen MR) is 78.4 cm³/mol. The maximum absolute atomic E-state index is 12.3. The van der Waals surface area contributed by atoms with E-state index >= 15 is 0 Å². The Balaban J connectivity index is 2.27. The standard InChI is InChI=1S/C14H12ClNO4S/c15-12-2-1-11(14(17)18)9-13(12)21(19,20)8-5-10-3-6-16-7-4-10/h1-4,6-7,9H,5,8H2,(H,17,18). The van der Waals surface area contributed by atoms with Gasteiger partial charge in [0.25, 0.3) is 0 Å². The van der Waals surface area contributed by atoms with Crippen LogP contribution in [0.15, 0.2) is 47.6 Å². The minimum Gasteiger partial charge on any atom is -0.478 e. The molecule has 0 spiro atoms. The first-order valence-electron chi connectivity index (χ1n) is 6.04. The topological polar surface area (TPSA) is 84.3 Å². The van der Waals surface area contributed by atoms with Gasteiger partial charge in [-0.3, -0.25) is 4.98 Å². The van der Waals surface area contributed by atoms with Crippen LogP contribution in [0.25, 0.3) is 0 Å². The summed E-state index contributed by atoms with van der Waals surface area (Å²) in [5.74, 6) is -1.35. The summed E-state index contributed by atoms with van der Waals surface area (Å²) >= 11 is 5.89. The number of carboxylic acid groups (broad SMARTS) is 1. The quantitative estimate of drug-likeness (QED) is 0.912. The molecule has 0 saturated heterocycles. The summed E-state index contributed by atoms with van der Waals surface area (Å²) < 4.78 is 24.6. The van der Waals surface area contributed by atoms with Crippen molar-refractivity contribution in [2.75, 3.05) is 5.75 Å². The van der Waals surface area contributed by atoms with Crippen molar-refractivity contribution in [1.82, 2.24) is 4.98 Å². The van der Waals surface area contributed by atoms with Crippen molar-refractivity contribution in [3.8, 4) is 0 Å². The van der Waals surface area contributed by atoms with Gasteiger partial charge < -0.3 is 5.11 Å². The molecule has 1 heterocycles. The van der Waals surface area contributed by atoms with E-state index in [-0.39, 0.29) is 21.2 Å². The molecule has 0 aliphatic rings. The van der Waals surface area contributed by atoms with Crippen LogP contribution in [0.4, 0.5) is 0 Å². The molecule has 0 aliphatic carbocycles. The molecule has 21 heavy (non-hydrogen) atoms. The third-order valence-electron chi connectivity index (χ3n) is 2.92. The second kappa shape index (κ2) is 6.24. The second-order valence-electron chi connectivity index (χ2n) is 4.37. The number of nitrogens with zero attached hydrogens (tertiary/aromatic N) is 1. The monoisotopic (exact) mass is 325 g/mol. The number of carbonyl (C=O) groups is 1. The van der Waals surface area contributed by atoms with Gasteiger partial charge in [-0.15, -0.1) is 0 Å². The van der Waals surface area contributed by atoms with E-state index in [4.69, 9.17) is 16.7 Å². The lowest BCUT2D eigenvalue weighted by Gasteiger charge is -2.07. The molecule has 0 aliphatic heterocycles. The van der Waals surface area contributed by atoms with Crippen LogP contribution in [0, 0.1) is 0 Å². The number of benzene rings is 1. The minimum atomic E-state index is -3.66. The molecule has 5 nitrogen and oxygen atoms in total. The lowest BCUT2D eigenvalue weighted by Crippen LogP contribution is -2.11. The first-order valence-corrected chi connectivity index (χ1v) is 8.08. The normalized spacial score (nSPS) is 11.3. The summed E-state index contributed by atoms with van der Waals surface area (Å²) in [6.45, 7) is 0. The average molecular weight is 326 g/mol. The molecule has 0 amide bonds. The van der Waals surface area contributed by atoms with Crippen LogP contribution in [-0.4, -0.2) is 30.2 Å². The molecular formula is C14H12ClNO4S. The summed E-state index contributed by atoms with van der Waals surface area (Å²) in [4.78, 5) is 14.6. The number of aryl methyl sites for hydroxylation is 1. The summed E-state index contributed by atoms with van der Waals surface area (Å²) in [5.41, 5.74) is 0.723. The zero-order valence-corrected chi connectivity index (χ0v) is 12.4. The predicted octanol–water partition coefficient (Wildman–Crippen LogP) is 2.45. The van der Waals surface area contributed by atoms with Gasteiger partial charge in [-0.2, -0.15) is 0 Å². The zero-order chi connectivity index (χ0) is 15.5. The summed E-state index contributed by atoms with van der Waals surface area (Å²) in [6, 6.07) is 7.10. The van der Waals surface area contributed by atoms with E-state index in [1.165, 1.54) is 12.1 Å². The average Bonchev–Trinajstić information content (AvgIpc) is 2.46. The number of aromatic carboxylic acids is 1. The summed E-state index contributed by atoms with van der Waals surface area (Å²) in [6.07, 6.45) is 3.47. The molecule has 7 heteroatoms. The van der Waals surface area contributed by atoms with Crippen LogP contribution in [0.2, 0.25) is 5.02 Å². The lowest BCUT2D eigenvalue weighted by atomic mass is 10.2. The fourth-order valence-electron chi connectivity index (χ4n) is 1.79. The van der Waals surface area contributed by atoms with Crippen LogP contribution in [0.5, 0.6) is 0 Å². The third-order valence-corrected chi connectivity index (χ3v) is 5.11. The number of sulfone groups is 1. The number of aromatic nitrogens is 1.